The Balaban J connectivity index is 3.18. The summed E-state index contributed by atoms with van der Waals surface area (Å²) >= 11 is 0. The van der Waals surface area contributed by atoms with Gasteiger partial charge in [0.1, 0.15) is 0 Å². The van der Waals surface area contributed by atoms with E-state index in [-0.39, 0.29) is 18.0 Å². The Hall–Kier alpha value is -1.25. The topological polar surface area (TPSA) is 12.4 Å². The van der Waals surface area contributed by atoms with Crippen LogP contribution in [0, 0.1) is 11.6 Å². The van der Waals surface area contributed by atoms with Crippen molar-refractivity contribution in [1.29, 1.82) is 0 Å². The molecule has 1 nitrogen and oxygen atoms in total. The Morgan fingerprint density at radius 3 is 2.43 bits per heavy atom. The first kappa shape index (κ1) is 10.8. The summed E-state index contributed by atoms with van der Waals surface area (Å²) in [6.45, 7) is 7.00. The van der Waals surface area contributed by atoms with Crippen LogP contribution in [0.1, 0.15) is 30.9 Å². The van der Waals surface area contributed by atoms with Crippen LogP contribution in [0.5, 0.6) is 0 Å². The van der Waals surface area contributed by atoms with Crippen molar-refractivity contribution in [1.82, 2.24) is 0 Å². The lowest BCUT2D eigenvalue weighted by Crippen LogP contribution is -2.00. The lowest BCUT2D eigenvalue weighted by atomic mass is 10.0. The normalized spacial score (nSPS) is 10.6. The second-order valence-electron chi connectivity index (χ2n) is 3.48. The van der Waals surface area contributed by atoms with Gasteiger partial charge in [0.25, 0.3) is 0 Å². The lowest BCUT2D eigenvalue weighted by Gasteiger charge is -2.09. The standard InChI is InChI=1S/C11H13F2N/c1-7(2)9-5-4-8(6-14-3)10(12)11(9)13/h4-5,7H,3,6H2,1-2H3. The molecule has 0 saturated heterocycles. The summed E-state index contributed by atoms with van der Waals surface area (Å²) in [5.74, 6) is -1.58. The molecular formula is C11H13F2N. The highest BCUT2D eigenvalue weighted by Gasteiger charge is 2.14. The van der Waals surface area contributed by atoms with Crippen molar-refractivity contribution in [3.63, 3.8) is 0 Å². The molecule has 0 heterocycles. The maximum atomic E-state index is 13.4. The first-order valence-corrected chi connectivity index (χ1v) is 4.47. The largest absolute Gasteiger partial charge is 0.296 e. The molecule has 0 radical (unpaired) electrons. The van der Waals surface area contributed by atoms with Crippen LogP contribution in [0.25, 0.3) is 0 Å². The molecule has 14 heavy (non-hydrogen) atoms. The van der Waals surface area contributed by atoms with Gasteiger partial charge in [-0.25, -0.2) is 8.78 Å². The number of aliphatic imine (C=N–C) groups is 1. The maximum absolute atomic E-state index is 13.4. The van der Waals surface area contributed by atoms with Crippen LogP contribution in [-0.2, 0) is 6.54 Å². The molecule has 0 unspecified atom stereocenters. The fourth-order valence-electron chi connectivity index (χ4n) is 1.29. The van der Waals surface area contributed by atoms with Gasteiger partial charge in [-0.3, -0.25) is 4.99 Å². The summed E-state index contributed by atoms with van der Waals surface area (Å²) in [5, 5.41) is 0. The van der Waals surface area contributed by atoms with Gasteiger partial charge < -0.3 is 0 Å². The number of rotatable bonds is 3. The summed E-state index contributed by atoms with van der Waals surface area (Å²) < 4.78 is 26.7. The third kappa shape index (κ3) is 1.97. The van der Waals surface area contributed by atoms with Crippen molar-refractivity contribution in [3.8, 4) is 0 Å². The first-order valence-electron chi connectivity index (χ1n) is 4.47. The maximum Gasteiger partial charge on any atom is 0.164 e. The highest BCUT2D eigenvalue weighted by Crippen LogP contribution is 2.23. The van der Waals surface area contributed by atoms with E-state index in [0.717, 1.165) is 0 Å². The van der Waals surface area contributed by atoms with Gasteiger partial charge in [0.2, 0.25) is 0 Å². The molecular weight excluding hydrogens is 184 g/mol. The molecule has 0 aliphatic rings. The molecule has 3 heteroatoms. The molecule has 0 aromatic heterocycles. The molecule has 0 bridgehead atoms. The molecule has 1 aromatic carbocycles. The van der Waals surface area contributed by atoms with Gasteiger partial charge in [-0.2, -0.15) is 0 Å². The van der Waals surface area contributed by atoms with E-state index in [1.165, 1.54) is 0 Å². The second kappa shape index (κ2) is 4.31. The predicted octanol–water partition coefficient (Wildman–Crippen LogP) is 3.29. The smallest absolute Gasteiger partial charge is 0.164 e. The predicted molar refractivity (Wildman–Crippen MR) is 53.7 cm³/mol. The van der Waals surface area contributed by atoms with E-state index in [9.17, 15) is 8.78 Å². The summed E-state index contributed by atoms with van der Waals surface area (Å²) in [5.41, 5.74) is 0.650. The fourth-order valence-corrected chi connectivity index (χ4v) is 1.29. The molecule has 0 aliphatic heterocycles. The van der Waals surface area contributed by atoms with Gasteiger partial charge in [-0.1, -0.05) is 26.0 Å². The third-order valence-corrected chi connectivity index (χ3v) is 2.10. The Bertz CT molecular complexity index is 345. The minimum absolute atomic E-state index is 0.0183. The van der Waals surface area contributed by atoms with Gasteiger partial charge in [0, 0.05) is 5.56 Å². The van der Waals surface area contributed by atoms with Crippen LogP contribution < -0.4 is 0 Å². The van der Waals surface area contributed by atoms with Gasteiger partial charge >= 0.3 is 0 Å². The summed E-state index contributed by atoms with van der Waals surface area (Å²) in [7, 11) is 0. The Morgan fingerprint density at radius 2 is 1.93 bits per heavy atom. The van der Waals surface area contributed by atoms with E-state index in [4.69, 9.17) is 0 Å². The minimum Gasteiger partial charge on any atom is -0.296 e. The van der Waals surface area contributed by atoms with E-state index < -0.39 is 11.6 Å². The molecule has 1 aromatic rings. The van der Waals surface area contributed by atoms with Gasteiger partial charge in [-0.15, -0.1) is 0 Å². The third-order valence-electron chi connectivity index (χ3n) is 2.10. The van der Waals surface area contributed by atoms with Crippen LogP contribution >= 0.6 is 0 Å². The van der Waals surface area contributed by atoms with Crippen molar-refractivity contribution in [2.24, 2.45) is 4.99 Å². The van der Waals surface area contributed by atoms with Crippen molar-refractivity contribution in [2.75, 3.05) is 0 Å². The van der Waals surface area contributed by atoms with Crippen molar-refractivity contribution in [3.05, 3.63) is 34.9 Å². The Morgan fingerprint density at radius 1 is 1.29 bits per heavy atom. The average Bonchev–Trinajstić information content (AvgIpc) is 2.13. The van der Waals surface area contributed by atoms with Crippen LogP contribution in [0.2, 0.25) is 0 Å². The fraction of sp³-hybridized carbons (Fsp3) is 0.364. The molecule has 0 saturated carbocycles. The van der Waals surface area contributed by atoms with Gasteiger partial charge in [0.05, 0.1) is 6.54 Å². The Kier molecular flexibility index (Phi) is 3.33. The van der Waals surface area contributed by atoms with Crippen LogP contribution in [0.4, 0.5) is 8.78 Å². The van der Waals surface area contributed by atoms with Crippen LogP contribution in [-0.4, -0.2) is 6.72 Å². The zero-order valence-corrected chi connectivity index (χ0v) is 8.35. The molecule has 0 atom stereocenters. The van der Waals surface area contributed by atoms with Crippen LogP contribution in [0.3, 0.4) is 0 Å². The highest BCUT2D eigenvalue weighted by atomic mass is 19.2. The number of hydrogen-bond donors (Lipinski definition) is 0. The zero-order valence-electron chi connectivity index (χ0n) is 8.35. The molecule has 0 spiro atoms. The Labute approximate surface area is 82.5 Å². The monoisotopic (exact) mass is 197 g/mol. The van der Waals surface area contributed by atoms with Gasteiger partial charge in [0.15, 0.2) is 11.6 Å². The summed E-state index contributed by atoms with van der Waals surface area (Å²) in [4.78, 5) is 3.53. The second-order valence-corrected chi connectivity index (χ2v) is 3.48. The van der Waals surface area contributed by atoms with Gasteiger partial charge in [-0.05, 0) is 18.2 Å². The number of hydrogen-bond acceptors (Lipinski definition) is 1. The number of halogens is 2. The van der Waals surface area contributed by atoms with Crippen molar-refractivity contribution < 1.29 is 8.78 Å². The molecule has 1 rings (SSSR count). The highest BCUT2D eigenvalue weighted by molar-refractivity contribution is 5.30. The SMILES string of the molecule is C=NCc1ccc(C(C)C)c(F)c1F. The number of nitrogens with zero attached hydrogens (tertiary/aromatic N) is 1. The number of benzene rings is 1. The summed E-state index contributed by atoms with van der Waals surface area (Å²) in [6, 6.07) is 3.16. The first-order chi connectivity index (χ1) is 6.57. The lowest BCUT2D eigenvalue weighted by molar-refractivity contribution is 0.485. The average molecular weight is 197 g/mol. The summed E-state index contributed by atoms with van der Waals surface area (Å²) in [6.07, 6.45) is 0. The molecule has 0 fully saturated rings. The van der Waals surface area contributed by atoms with Crippen molar-refractivity contribution >= 4 is 6.72 Å². The molecule has 0 N–H and O–H groups in total. The van der Waals surface area contributed by atoms with E-state index in [1.54, 1.807) is 12.1 Å². The van der Waals surface area contributed by atoms with E-state index in [1.807, 2.05) is 13.8 Å². The quantitative estimate of drug-likeness (QED) is 0.659. The minimum atomic E-state index is -0.802. The zero-order chi connectivity index (χ0) is 10.7. The molecule has 0 amide bonds. The van der Waals surface area contributed by atoms with E-state index in [0.29, 0.717) is 5.56 Å². The van der Waals surface area contributed by atoms with Crippen molar-refractivity contribution in [2.45, 2.75) is 26.3 Å². The molecule has 76 valence electrons. The van der Waals surface area contributed by atoms with Crippen LogP contribution in [0.15, 0.2) is 17.1 Å². The van der Waals surface area contributed by atoms with E-state index >= 15 is 0 Å². The van der Waals surface area contributed by atoms with E-state index in [2.05, 4.69) is 11.7 Å². The molecule has 0 aliphatic carbocycles.